The molecular formula is C17H16N2O3S. The summed E-state index contributed by atoms with van der Waals surface area (Å²) in [6.45, 7) is 2.01. The first-order valence-corrected chi connectivity index (χ1v) is 8.38. The van der Waals surface area contributed by atoms with E-state index in [1.807, 2.05) is 25.1 Å². The van der Waals surface area contributed by atoms with Crippen LogP contribution in [0.15, 0.2) is 29.8 Å². The van der Waals surface area contributed by atoms with E-state index in [-0.39, 0.29) is 23.7 Å². The molecule has 6 heteroatoms. The van der Waals surface area contributed by atoms with Gasteiger partial charge < -0.3 is 4.74 Å². The normalized spacial score (nSPS) is 24.1. The highest BCUT2D eigenvalue weighted by molar-refractivity contribution is 7.22. The fourth-order valence-corrected chi connectivity index (χ4v) is 4.30. The monoisotopic (exact) mass is 328 g/mol. The number of allylic oxidation sites excluding steroid dienone is 2. The Morgan fingerprint density at radius 3 is 2.83 bits per heavy atom. The van der Waals surface area contributed by atoms with Crippen molar-refractivity contribution in [3.8, 4) is 5.75 Å². The average molecular weight is 328 g/mol. The number of aromatic nitrogens is 1. The second-order valence-electron chi connectivity index (χ2n) is 6.05. The number of anilines is 1. The number of ether oxygens (including phenoxy) is 1. The van der Waals surface area contributed by atoms with E-state index in [0.29, 0.717) is 23.7 Å². The first kappa shape index (κ1) is 14.4. The van der Waals surface area contributed by atoms with Gasteiger partial charge in [0.1, 0.15) is 5.75 Å². The summed E-state index contributed by atoms with van der Waals surface area (Å²) >= 11 is 1.37. The number of benzene rings is 1. The van der Waals surface area contributed by atoms with Crippen LogP contribution in [-0.4, -0.2) is 23.9 Å². The molecule has 0 N–H and O–H groups in total. The maximum absolute atomic E-state index is 12.7. The van der Waals surface area contributed by atoms with Crippen molar-refractivity contribution in [1.29, 1.82) is 0 Å². The Morgan fingerprint density at radius 1 is 1.26 bits per heavy atom. The number of fused-ring (bicyclic) bond motifs is 2. The zero-order valence-corrected chi connectivity index (χ0v) is 13.7. The van der Waals surface area contributed by atoms with Gasteiger partial charge in [-0.05, 0) is 31.9 Å². The van der Waals surface area contributed by atoms with E-state index in [1.54, 1.807) is 7.11 Å². The first-order chi connectivity index (χ1) is 11.1. The fourth-order valence-electron chi connectivity index (χ4n) is 3.34. The summed E-state index contributed by atoms with van der Waals surface area (Å²) in [4.78, 5) is 31.2. The number of methoxy groups -OCH3 is 1. The van der Waals surface area contributed by atoms with Crippen LogP contribution in [0.3, 0.4) is 0 Å². The lowest BCUT2D eigenvalue weighted by Crippen LogP contribution is -2.30. The SMILES string of the molecule is COc1ccc2sc(N3C(=O)[C@H]4CC=C(C)C[C@@H]4C3=O)nc2c1. The number of amides is 2. The highest BCUT2D eigenvalue weighted by atomic mass is 32.1. The Morgan fingerprint density at radius 2 is 2.04 bits per heavy atom. The van der Waals surface area contributed by atoms with Crippen LogP contribution in [-0.2, 0) is 9.59 Å². The van der Waals surface area contributed by atoms with Crippen LogP contribution in [0.1, 0.15) is 19.8 Å². The molecule has 2 amide bonds. The molecule has 1 saturated heterocycles. The molecule has 2 heterocycles. The van der Waals surface area contributed by atoms with Crippen LogP contribution in [0.2, 0.25) is 0 Å². The van der Waals surface area contributed by atoms with Gasteiger partial charge in [0.2, 0.25) is 11.8 Å². The van der Waals surface area contributed by atoms with Crippen LogP contribution in [0, 0.1) is 11.8 Å². The Labute approximate surface area is 137 Å². The van der Waals surface area contributed by atoms with E-state index >= 15 is 0 Å². The minimum absolute atomic E-state index is 0.113. The number of rotatable bonds is 2. The third kappa shape index (κ3) is 2.16. The van der Waals surface area contributed by atoms with Crippen molar-refractivity contribution in [2.75, 3.05) is 12.0 Å². The van der Waals surface area contributed by atoms with E-state index in [9.17, 15) is 9.59 Å². The van der Waals surface area contributed by atoms with Gasteiger partial charge >= 0.3 is 0 Å². The molecule has 1 fully saturated rings. The smallest absolute Gasteiger partial charge is 0.239 e. The highest BCUT2D eigenvalue weighted by Crippen LogP contribution is 2.41. The molecule has 0 radical (unpaired) electrons. The molecule has 2 aromatic rings. The summed E-state index contributed by atoms with van der Waals surface area (Å²) in [7, 11) is 1.60. The number of hydrogen-bond acceptors (Lipinski definition) is 5. The molecule has 1 aromatic heterocycles. The maximum atomic E-state index is 12.7. The summed E-state index contributed by atoms with van der Waals surface area (Å²) in [6, 6.07) is 5.57. The number of thiazole rings is 1. The minimum Gasteiger partial charge on any atom is -0.497 e. The molecule has 0 spiro atoms. The summed E-state index contributed by atoms with van der Waals surface area (Å²) in [5, 5.41) is 0.468. The lowest BCUT2D eigenvalue weighted by Gasteiger charge is -2.18. The summed E-state index contributed by atoms with van der Waals surface area (Å²) in [5.74, 6) is 0.0250. The molecule has 4 rings (SSSR count). The molecule has 2 atom stereocenters. The lowest BCUT2D eigenvalue weighted by molar-refractivity contribution is -0.122. The Balaban J connectivity index is 1.73. The third-order valence-corrected chi connectivity index (χ3v) is 5.62. The topological polar surface area (TPSA) is 59.5 Å². The molecule has 0 unspecified atom stereocenters. The summed E-state index contributed by atoms with van der Waals surface area (Å²) < 4.78 is 6.13. The molecule has 1 aromatic carbocycles. The largest absolute Gasteiger partial charge is 0.497 e. The number of carbonyl (C=O) groups is 2. The summed E-state index contributed by atoms with van der Waals surface area (Å²) in [5.41, 5.74) is 1.93. The Kier molecular flexibility index (Phi) is 3.23. The molecule has 2 aliphatic rings. The van der Waals surface area contributed by atoms with Crippen molar-refractivity contribution in [2.45, 2.75) is 19.8 Å². The Hall–Kier alpha value is -2.21. The summed E-state index contributed by atoms with van der Waals surface area (Å²) in [6.07, 6.45) is 3.39. The number of nitrogens with zero attached hydrogens (tertiary/aromatic N) is 2. The van der Waals surface area contributed by atoms with Crippen molar-refractivity contribution in [3.05, 3.63) is 29.8 Å². The standard InChI is InChI=1S/C17H16N2O3S/c1-9-3-5-11-12(7-9)16(21)19(15(11)20)17-18-13-8-10(22-2)4-6-14(13)23-17/h3-4,6,8,11-12H,5,7H2,1-2H3/t11-,12-/m0/s1. The number of hydrogen-bond donors (Lipinski definition) is 0. The second kappa shape index (κ2) is 5.16. The molecular weight excluding hydrogens is 312 g/mol. The quantitative estimate of drug-likeness (QED) is 0.628. The average Bonchev–Trinajstić information content (AvgIpc) is 3.06. The molecule has 23 heavy (non-hydrogen) atoms. The molecule has 0 saturated carbocycles. The van der Waals surface area contributed by atoms with E-state index in [1.165, 1.54) is 21.8 Å². The van der Waals surface area contributed by atoms with Crippen LogP contribution < -0.4 is 9.64 Å². The van der Waals surface area contributed by atoms with Gasteiger partial charge in [0, 0.05) is 6.07 Å². The van der Waals surface area contributed by atoms with Crippen LogP contribution >= 0.6 is 11.3 Å². The maximum Gasteiger partial charge on any atom is 0.239 e. The Bertz CT molecular complexity index is 855. The number of imide groups is 1. The van der Waals surface area contributed by atoms with E-state index in [2.05, 4.69) is 11.1 Å². The van der Waals surface area contributed by atoms with Gasteiger partial charge in [-0.15, -0.1) is 0 Å². The van der Waals surface area contributed by atoms with Crippen LogP contribution in [0.4, 0.5) is 5.13 Å². The zero-order valence-electron chi connectivity index (χ0n) is 12.9. The molecule has 118 valence electrons. The predicted octanol–water partition coefficient (Wildman–Crippen LogP) is 3.15. The van der Waals surface area contributed by atoms with Gasteiger partial charge in [-0.2, -0.15) is 0 Å². The van der Waals surface area contributed by atoms with Gasteiger partial charge in [-0.3, -0.25) is 9.59 Å². The van der Waals surface area contributed by atoms with E-state index in [0.717, 1.165) is 10.2 Å². The van der Waals surface area contributed by atoms with Gasteiger partial charge in [0.05, 0.1) is 29.2 Å². The second-order valence-corrected chi connectivity index (χ2v) is 7.05. The van der Waals surface area contributed by atoms with E-state index in [4.69, 9.17) is 4.74 Å². The van der Waals surface area contributed by atoms with Gasteiger partial charge in [-0.1, -0.05) is 23.0 Å². The van der Waals surface area contributed by atoms with Crippen molar-refractivity contribution in [1.82, 2.24) is 4.98 Å². The van der Waals surface area contributed by atoms with Crippen molar-refractivity contribution in [2.24, 2.45) is 11.8 Å². The predicted molar refractivity (Wildman–Crippen MR) is 88.6 cm³/mol. The number of carbonyl (C=O) groups excluding carboxylic acids is 2. The first-order valence-electron chi connectivity index (χ1n) is 7.56. The molecule has 0 bridgehead atoms. The van der Waals surface area contributed by atoms with Gasteiger partial charge in [0.15, 0.2) is 5.13 Å². The van der Waals surface area contributed by atoms with Crippen LogP contribution in [0.25, 0.3) is 10.2 Å². The molecule has 1 aliphatic carbocycles. The minimum atomic E-state index is -0.229. The van der Waals surface area contributed by atoms with Gasteiger partial charge in [0.25, 0.3) is 0 Å². The highest BCUT2D eigenvalue weighted by Gasteiger charge is 2.49. The van der Waals surface area contributed by atoms with Crippen molar-refractivity contribution in [3.63, 3.8) is 0 Å². The van der Waals surface area contributed by atoms with Crippen LogP contribution in [0.5, 0.6) is 5.75 Å². The van der Waals surface area contributed by atoms with E-state index < -0.39 is 0 Å². The zero-order chi connectivity index (χ0) is 16.1. The molecule has 5 nitrogen and oxygen atoms in total. The lowest BCUT2D eigenvalue weighted by atomic mass is 9.82. The van der Waals surface area contributed by atoms with Crippen molar-refractivity contribution >= 4 is 38.5 Å². The third-order valence-electron chi connectivity index (χ3n) is 4.60. The van der Waals surface area contributed by atoms with Gasteiger partial charge in [-0.25, -0.2) is 9.88 Å². The molecule has 1 aliphatic heterocycles. The fraction of sp³-hybridized carbons (Fsp3) is 0.353. The van der Waals surface area contributed by atoms with Crippen molar-refractivity contribution < 1.29 is 14.3 Å².